The molecule has 3 rings (SSSR count). The summed E-state index contributed by atoms with van der Waals surface area (Å²) in [6, 6.07) is 2.61. The molecular formula is C16H21ClN4O. The van der Waals surface area contributed by atoms with Crippen molar-refractivity contribution in [2.75, 3.05) is 18.5 Å². The lowest BCUT2D eigenvalue weighted by Gasteiger charge is -2.22. The van der Waals surface area contributed by atoms with Gasteiger partial charge in [0.15, 0.2) is 0 Å². The van der Waals surface area contributed by atoms with Gasteiger partial charge < -0.3 is 10.1 Å². The predicted molar refractivity (Wildman–Crippen MR) is 88.3 cm³/mol. The van der Waals surface area contributed by atoms with Crippen LogP contribution in [-0.4, -0.2) is 34.0 Å². The second-order valence-corrected chi connectivity index (χ2v) is 6.29. The summed E-state index contributed by atoms with van der Waals surface area (Å²) in [6.07, 6.45) is 7.81. The van der Waals surface area contributed by atoms with Gasteiger partial charge in [-0.2, -0.15) is 5.10 Å². The molecule has 0 unspecified atom stereocenters. The van der Waals surface area contributed by atoms with E-state index in [9.17, 15) is 0 Å². The van der Waals surface area contributed by atoms with E-state index in [1.807, 2.05) is 16.9 Å². The molecule has 1 fully saturated rings. The third-order valence-corrected chi connectivity index (χ3v) is 4.00. The Morgan fingerprint density at radius 2 is 2.09 bits per heavy atom. The lowest BCUT2D eigenvalue weighted by atomic mass is 10.1. The highest BCUT2D eigenvalue weighted by atomic mass is 35.5. The molecule has 1 aliphatic rings. The number of hydrogen-bond donors (Lipinski definition) is 1. The summed E-state index contributed by atoms with van der Waals surface area (Å²) in [7, 11) is 0. The molecule has 0 aromatic carbocycles. The zero-order chi connectivity index (χ0) is 15.5. The Labute approximate surface area is 135 Å². The number of hydrogen-bond acceptors (Lipinski definition) is 4. The number of nitrogens with zero attached hydrogens (tertiary/aromatic N) is 3. The smallest absolute Gasteiger partial charge is 0.131 e. The van der Waals surface area contributed by atoms with E-state index < -0.39 is 0 Å². The zero-order valence-corrected chi connectivity index (χ0v) is 13.7. The maximum Gasteiger partial charge on any atom is 0.131 e. The fourth-order valence-electron chi connectivity index (χ4n) is 2.72. The van der Waals surface area contributed by atoms with Crippen molar-refractivity contribution >= 4 is 17.3 Å². The zero-order valence-electron chi connectivity index (χ0n) is 12.9. The Bertz CT molecular complexity index is 635. The summed E-state index contributed by atoms with van der Waals surface area (Å²) in [6.45, 7) is 5.82. The van der Waals surface area contributed by atoms with E-state index in [-0.39, 0.29) is 0 Å². The van der Waals surface area contributed by atoms with Crippen LogP contribution in [0.1, 0.15) is 32.7 Å². The molecule has 1 saturated heterocycles. The Hall–Kier alpha value is -1.59. The van der Waals surface area contributed by atoms with Crippen molar-refractivity contribution in [3.05, 3.63) is 29.8 Å². The minimum Gasteiger partial charge on any atom is -0.382 e. The molecular weight excluding hydrogens is 300 g/mol. The molecule has 118 valence electrons. The number of halogens is 1. The topological polar surface area (TPSA) is 52.0 Å². The van der Waals surface area contributed by atoms with Gasteiger partial charge in [0.25, 0.3) is 0 Å². The minimum atomic E-state index is 0.322. The molecule has 1 N–H and O–H groups in total. The molecule has 2 aromatic rings. The summed E-state index contributed by atoms with van der Waals surface area (Å²) in [5.41, 5.74) is 3.07. The highest BCUT2D eigenvalue weighted by molar-refractivity contribution is 6.29. The van der Waals surface area contributed by atoms with Gasteiger partial charge in [-0.1, -0.05) is 11.6 Å². The molecule has 5 nitrogen and oxygen atoms in total. The molecule has 1 aliphatic heterocycles. The lowest BCUT2D eigenvalue weighted by molar-refractivity contribution is 0.0662. The van der Waals surface area contributed by atoms with Gasteiger partial charge in [0.2, 0.25) is 0 Å². The van der Waals surface area contributed by atoms with Crippen molar-refractivity contribution in [2.45, 2.75) is 38.8 Å². The summed E-state index contributed by atoms with van der Waals surface area (Å²) in [5.74, 6) is 0. The van der Waals surface area contributed by atoms with E-state index in [0.717, 1.165) is 42.9 Å². The fraction of sp³-hybridized carbons (Fsp3) is 0.500. The molecule has 3 heterocycles. The molecule has 0 aliphatic carbocycles. The maximum atomic E-state index is 6.03. The van der Waals surface area contributed by atoms with Crippen LogP contribution < -0.4 is 5.32 Å². The van der Waals surface area contributed by atoms with Crippen LogP contribution >= 0.6 is 11.6 Å². The van der Waals surface area contributed by atoms with Crippen molar-refractivity contribution in [1.82, 2.24) is 14.8 Å². The van der Waals surface area contributed by atoms with Gasteiger partial charge in [-0.3, -0.25) is 4.68 Å². The Balaban J connectivity index is 1.89. The molecule has 22 heavy (non-hydrogen) atoms. The van der Waals surface area contributed by atoms with Crippen LogP contribution in [0.3, 0.4) is 0 Å². The van der Waals surface area contributed by atoms with E-state index in [2.05, 4.69) is 35.4 Å². The van der Waals surface area contributed by atoms with E-state index >= 15 is 0 Å². The van der Waals surface area contributed by atoms with Crippen molar-refractivity contribution in [3.8, 4) is 11.1 Å². The molecule has 0 atom stereocenters. The summed E-state index contributed by atoms with van der Waals surface area (Å²) < 4.78 is 7.46. The Morgan fingerprint density at radius 1 is 1.32 bits per heavy atom. The minimum absolute atomic E-state index is 0.322. The van der Waals surface area contributed by atoms with Gasteiger partial charge in [-0.05, 0) is 32.8 Å². The number of anilines is 1. The predicted octanol–water partition coefficient (Wildman–Crippen LogP) is 3.77. The second kappa shape index (κ2) is 6.67. The second-order valence-electron chi connectivity index (χ2n) is 5.90. The number of ether oxygens (including phenoxy) is 1. The molecule has 2 aromatic heterocycles. The number of pyridine rings is 1. The Morgan fingerprint density at radius 3 is 2.82 bits per heavy atom. The van der Waals surface area contributed by atoms with Crippen molar-refractivity contribution in [2.24, 2.45) is 0 Å². The van der Waals surface area contributed by atoms with Crippen molar-refractivity contribution in [3.63, 3.8) is 0 Å². The first-order valence-corrected chi connectivity index (χ1v) is 8.05. The average molecular weight is 321 g/mol. The van der Waals surface area contributed by atoms with Crippen LogP contribution in [0, 0.1) is 0 Å². The van der Waals surface area contributed by atoms with Gasteiger partial charge in [0.05, 0.1) is 12.2 Å². The Kier molecular flexibility index (Phi) is 4.64. The van der Waals surface area contributed by atoms with Crippen molar-refractivity contribution < 1.29 is 4.74 Å². The van der Waals surface area contributed by atoms with Crippen LogP contribution in [0.15, 0.2) is 24.7 Å². The molecule has 0 bridgehead atoms. The SMILES string of the molecule is CC(C)Nc1cc(Cl)ncc1-c1cnn(C2CCOCC2)c1. The molecule has 0 spiro atoms. The molecule has 0 amide bonds. The first-order chi connectivity index (χ1) is 10.6. The third kappa shape index (κ3) is 3.42. The number of aromatic nitrogens is 3. The van der Waals surface area contributed by atoms with Gasteiger partial charge in [0, 0.05) is 48.5 Å². The molecule has 0 saturated carbocycles. The molecule has 6 heteroatoms. The monoisotopic (exact) mass is 320 g/mol. The van der Waals surface area contributed by atoms with Crippen LogP contribution in [0.25, 0.3) is 11.1 Å². The van der Waals surface area contributed by atoms with Gasteiger partial charge in [0.1, 0.15) is 5.15 Å². The third-order valence-electron chi connectivity index (χ3n) is 3.79. The first kappa shape index (κ1) is 15.3. The van der Waals surface area contributed by atoms with Crippen LogP contribution in [-0.2, 0) is 4.74 Å². The summed E-state index contributed by atoms with van der Waals surface area (Å²) in [5, 5.41) is 8.44. The molecule has 0 radical (unpaired) electrons. The maximum absolute atomic E-state index is 6.03. The largest absolute Gasteiger partial charge is 0.382 e. The summed E-state index contributed by atoms with van der Waals surface area (Å²) >= 11 is 6.03. The van der Waals surface area contributed by atoms with Crippen LogP contribution in [0.4, 0.5) is 5.69 Å². The lowest BCUT2D eigenvalue weighted by Crippen LogP contribution is -2.19. The van der Waals surface area contributed by atoms with Gasteiger partial charge in [-0.25, -0.2) is 4.98 Å². The van der Waals surface area contributed by atoms with Gasteiger partial charge in [-0.15, -0.1) is 0 Å². The highest BCUT2D eigenvalue weighted by Gasteiger charge is 2.18. The normalized spacial score (nSPS) is 16.2. The standard InChI is InChI=1S/C16H21ClN4O/c1-11(2)20-15-7-16(17)18-9-14(15)12-8-19-21(10-12)13-3-5-22-6-4-13/h7-11,13H,3-6H2,1-2H3,(H,18,20). The number of rotatable bonds is 4. The van der Waals surface area contributed by atoms with Gasteiger partial charge >= 0.3 is 0 Å². The van der Waals surface area contributed by atoms with Crippen LogP contribution in [0.5, 0.6) is 0 Å². The van der Waals surface area contributed by atoms with E-state index in [0.29, 0.717) is 17.2 Å². The fourth-order valence-corrected chi connectivity index (χ4v) is 2.87. The quantitative estimate of drug-likeness (QED) is 0.871. The van der Waals surface area contributed by atoms with Crippen LogP contribution in [0.2, 0.25) is 5.15 Å². The van der Waals surface area contributed by atoms with E-state index in [1.165, 1.54) is 0 Å². The first-order valence-electron chi connectivity index (χ1n) is 7.68. The van der Waals surface area contributed by atoms with Crippen molar-refractivity contribution in [1.29, 1.82) is 0 Å². The highest BCUT2D eigenvalue weighted by Crippen LogP contribution is 2.31. The summed E-state index contributed by atoms with van der Waals surface area (Å²) in [4.78, 5) is 4.21. The number of nitrogens with one attached hydrogen (secondary N) is 1. The van der Waals surface area contributed by atoms with E-state index in [4.69, 9.17) is 16.3 Å². The van der Waals surface area contributed by atoms with E-state index in [1.54, 1.807) is 6.20 Å². The average Bonchev–Trinajstić information content (AvgIpc) is 2.97.